The van der Waals surface area contributed by atoms with Crippen molar-refractivity contribution in [3.63, 3.8) is 0 Å². The Morgan fingerprint density at radius 3 is 2.68 bits per heavy atom. The molecule has 31 heavy (non-hydrogen) atoms. The molecule has 0 aliphatic rings. The minimum atomic E-state index is -0.118. The minimum absolute atomic E-state index is 0.0841. The highest BCUT2D eigenvalue weighted by Crippen LogP contribution is 2.18. The maximum atomic E-state index is 12.2. The Kier molecular flexibility index (Phi) is 7.88. The molecule has 0 spiro atoms. The minimum Gasteiger partial charge on any atom is -0.494 e. The Hall–Kier alpha value is -3.53. The molecule has 1 unspecified atom stereocenters. The molecular formula is C21H25N7O2S. The van der Waals surface area contributed by atoms with E-state index in [1.54, 1.807) is 6.21 Å². The molecule has 0 radical (unpaired) electrons. The van der Waals surface area contributed by atoms with Crippen LogP contribution in [-0.4, -0.2) is 39.4 Å². The molecule has 1 aromatic heterocycles. The second kappa shape index (κ2) is 11.0. The normalized spacial score (nSPS) is 11.9. The van der Waals surface area contributed by atoms with Crippen molar-refractivity contribution in [3.05, 3.63) is 65.7 Å². The zero-order valence-corrected chi connectivity index (χ0v) is 18.2. The molecule has 0 fully saturated rings. The van der Waals surface area contributed by atoms with E-state index in [4.69, 9.17) is 10.6 Å². The van der Waals surface area contributed by atoms with Gasteiger partial charge in [0.2, 0.25) is 11.1 Å². The number of hydrogen-bond donors (Lipinski definition) is 3. The number of amides is 1. The molecule has 3 rings (SSSR count). The lowest BCUT2D eigenvalue weighted by Gasteiger charge is -2.13. The lowest BCUT2D eigenvalue weighted by Crippen LogP contribution is -2.28. The van der Waals surface area contributed by atoms with Crippen LogP contribution >= 0.6 is 11.8 Å². The molecule has 0 aliphatic carbocycles. The number of thioether (sulfide) groups is 1. The Bertz CT molecular complexity index is 1010. The summed E-state index contributed by atoms with van der Waals surface area (Å²) in [4.78, 5) is 12.2. The van der Waals surface area contributed by atoms with Crippen LogP contribution < -0.4 is 21.3 Å². The maximum Gasteiger partial charge on any atom is 0.264 e. The van der Waals surface area contributed by atoms with Gasteiger partial charge >= 0.3 is 0 Å². The zero-order chi connectivity index (χ0) is 22.1. The first kappa shape index (κ1) is 22.2. The lowest BCUT2D eigenvalue weighted by molar-refractivity contribution is -0.119. The van der Waals surface area contributed by atoms with Crippen molar-refractivity contribution in [1.29, 1.82) is 0 Å². The molecule has 9 nitrogen and oxygen atoms in total. The molecule has 162 valence electrons. The van der Waals surface area contributed by atoms with Gasteiger partial charge in [-0.2, -0.15) is 5.10 Å². The first-order chi connectivity index (χ1) is 15.1. The molecule has 1 heterocycles. The van der Waals surface area contributed by atoms with Crippen molar-refractivity contribution < 1.29 is 9.53 Å². The van der Waals surface area contributed by atoms with Gasteiger partial charge in [0.25, 0.3) is 5.95 Å². The quantitative estimate of drug-likeness (QED) is 0.192. The van der Waals surface area contributed by atoms with Gasteiger partial charge in [0.1, 0.15) is 5.75 Å². The predicted molar refractivity (Wildman–Crippen MR) is 123 cm³/mol. The summed E-state index contributed by atoms with van der Waals surface area (Å²) in [5.41, 5.74) is 4.68. The molecule has 4 N–H and O–H groups in total. The fourth-order valence-corrected chi connectivity index (χ4v) is 3.34. The Morgan fingerprint density at radius 2 is 1.97 bits per heavy atom. The zero-order valence-electron chi connectivity index (χ0n) is 17.4. The van der Waals surface area contributed by atoms with Crippen molar-refractivity contribution in [2.24, 2.45) is 5.10 Å². The van der Waals surface area contributed by atoms with Crippen molar-refractivity contribution in [2.75, 3.05) is 23.6 Å². The van der Waals surface area contributed by atoms with Gasteiger partial charge in [-0.15, -0.1) is 10.2 Å². The topological polar surface area (TPSA) is 119 Å². The van der Waals surface area contributed by atoms with Crippen LogP contribution in [0.4, 0.5) is 5.95 Å². The van der Waals surface area contributed by atoms with Crippen molar-refractivity contribution in [3.8, 4) is 5.75 Å². The van der Waals surface area contributed by atoms with Crippen LogP contribution in [0.3, 0.4) is 0 Å². The lowest BCUT2D eigenvalue weighted by atomic mass is 10.1. The third-order valence-electron chi connectivity index (χ3n) is 4.24. The summed E-state index contributed by atoms with van der Waals surface area (Å²) in [5, 5.41) is 15.4. The first-order valence-corrected chi connectivity index (χ1v) is 10.7. The number of nitrogens with two attached hydrogens (primary N) is 1. The number of carbonyl (C=O) groups excluding carboxylic acids is 1. The highest BCUT2D eigenvalue weighted by molar-refractivity contribution is 7.99. The monoisotopic (exact) mass is 439 g/mol. The summed E-state index contributed by atoms with van der Waals surface area (Å²) in [5.74, 6) is 7.12. The number of carbonyl (C=O) groups is 1. The van der Waals surface area contributed by atoms with Crippen molar-refractivity contribution in [1.82, 2.24) is 20.2 Å². The molecule has 2 aromatic carbocycles. The van der Waals surface area contributed by atoms with Crippen LogP contribution in [0.15, 0.2) is 64.9 Å². The highest BCUT2D eigenvalue weighted by atomic mass is 32.2. The fraction of sp³-hybridized carbons (Fsp3) is 0.238. The van der Waals surface area contributed by atoms with E-state index in [0.29, 0.717) is 11.8 Å². The predicted octanol–water partition coefficient (Wildman–Crippen LogP) is 2.81. The molecule has 1 atom stereocenters. The van der Waals surface area contributed by atoms with Gasteiger partial charge in [0.15, 0.2) is 0 Å². The molecule has 0 bridgehead atoms. The van der Waals surface area contributed by atoms with Crippen LogP contribution in [-0.2, 0) is 4.79 Å². The van der Waals surface area contributed by atoms with E-state index >= 15 is 0 Å². The smallest absolute Gasteiger partial charge is 0.264 e. The largest absolute Gasteiger partial charge is 0.494 e. The molecule has 0 saturated carbocycles. The second-order valence-electron chi connectivity index (χ2n) is 6.54. The van der Waals surface area contributed by atoms with E-state index in [9.17, 15) is 4.79 Å². The summed E-state index contributed by atoms with van der Waals surface area (Å²) in [6, 6.07) is 17.2. The van der Waals surface area contributed by atoms with E-state index < -0.39 is 0 Å². The average Bonchev–Trinajstić information content (AvgIpc) is 3.13. The number of aromatic nitrogens is 3. The number of nitrogens with one attached hydrogen (secondary N) is 2. The summed E-state index contributed by atoms with van der Waals surface area (Å²) >= 11 is 1.20. The molecule has 1 amide bonds. The van der Waals surface area contributed by atoms with Gasteiger partial charge in [-0.3, -0.25) is 4.79 Å². The van der Waals surface area contributed by atoms with E-state index in [1.807, 2.05) is 68.4 Å². The van der Waals surface area contributed by atoms with E-state index in [0.717, 1.165) is 16.9 Å². The van der Waals surface area contributed by atoms with Gasteiger partial charge < -0.3 is 15.9 Å². The SMILES string of the molecule is CCOc1ccc(/C=N/Nc2nnc(SCC(=O)NC(C)c3ccccc3)n2N)cc1. The average molecular weight is 440 g/mol. The summed E-state index contributed by atoms with van der Waals surface area (Å²) < 4.78 is 6.67. The number of hydrazone groups is 1. The second-order valence-corrected chi connectivity index (χ2v) is 7.48. The molecule has 0 aliphatic heterocycles. The van der Waals surface area contributed by atoms with E-state index in [2.05, 4.69) is 26.0 Å². The van der Waals surface area contributed by atoms with Crippen LogP contribution in [0.5, 0.6) is 5.75 Å². The van der Waals surface area contributed by atoms with Crippen LogP contribution in [0.25, 0.3) is 0 Å². The number of ether oxygens (including phenoxy) is 1. The number of nitrogens with zero attached hydrogens (tertiary/aromatic N) is 4. The molecule has 0 saturated heterocycles. The number of anilines is 1. The van der Waals surface area contributed by atoms with Crippen LogP contribution in [0.1, 0.15) is 31.0 Å². The molecular weight excluding hydrogens is 414 g/mol. The molecule has 10 heteroatoms. The summed E-state index contributed by atoms with van der Waals surface area (Å²) in [7, 11) is 0. The maximum absolute atomic E-state index is 12.2. The standard InChI is InChI=1S/C21H25N7O2S/c1-3-30-18-11-9-16(10-12-18)13-23-25-20-26-27-21(28(20)22)31-14-19(29)24-15(2)17-7-5-4-6-8-17/h4-13,15H,3,14,22H2,1-2H3,(H,24,29)(H,25,26)/b23-13+. The van der Waals surface area contributed by atoms with Gasteiger partial charge in [-0.1, -0.05) is 42.1 Å². The number of hydrogen-bond acceptors (Lipinski definition) is 8. The fourth-order valence-electron chi connectivity index (χ4n) is 2.67. The molecule has 3 aromatic rings. The Morgan fingerprint density at radius 1 is 1.23 bits per heavy atom. The Balaban J connectivity index is 1.48. The first-order valence-electron chi connectivity index (χ1n) is 9.76. The summed E-state index contributed by atoms with van der Waals surface area (Å²) in [6.45, 7) is 4.50. The van der Waals surface area contributed by atoms with Gasteiger partial charge in [0.05, 0.1) is 24.6 Å². The highest BCUT2D eigenvalue weighted by Gasteiger charge is 2.14. The van der Waals surface area contributed by atoms with E-state index in [-0.39, 0.29) is 23.7 Å². The van der Waals surface area contributed by atoms with Crippen molar-refractivity contribution in [2.45, 2.75) is 25.0 Å². The van der Waals surface area contributed by atoms with Crippen LogP contribution in [0, 0.1) is 0 Å². The third-order valence-corrected chi connectivity index (χ3v) is 5.19. The van der Waals surface area contributed by atoms with Gasteiger partial charge in [-0.25, -0.2) is 10.1 Å². The van der Waals surface area contributed by atoms with Gasteiger partial charge in [-0.05, 0) is 49.2 Å². The van der Waals surface area contributed by atoms with Crippen LogP contribution in [0.2, 0.25) is 0 Å². The number of rotatable bonds is 10. The van der Waals surface area contributed by atoms with E-state index in [1.165, 1.54) is 16.4 Å². The van der Waals surface area contributed by atoms with Crippen molar-refractivity contribution >= 4 is 29.8 Å². The summed E-state index contributed by atoms with van der Waals surface area (Å²) in [6.07, 6.45) is 1.63. The van der Waals surface area contributed by atoms with Gasteiger partial charge in [0, 0.05) is 0 Å². The Labute approximate surface area is 185 Å². The third kappa shape index (κ3) is 6.48. The number of nitrogen functional groups attached to an aromatic ring is 1. The number of benzene rings is 2.